The number of rotatable bonds is 3. The van der Waals surface area contributed by atoms with Crippen molar-refractivity contribution in [3.8, 4) is 0 Å². The molecular formula is C5Cl6F6O. The van der Waals surface area contributed by atoms with Gasteiger partial charge in [-0.3, -0.25) is 4.74 Å². The summed E-state index contributed by atoms with van der Waals surface area (Å²) < 4.78 is 70.4. The number of hydrogen-bond donors (Lipinski definition) is 0. The molecule has 0 aliphatic heterocycles. The fraction of sp³-hybridized carbons (Fsp3) is 1.00. The summed E-state index contributed by atoms with van der Waals surface area (Å²) in [6.45, 7) is 0. The summed E-state index contributed by atoms with van der Waals surface area (Å²) in [4.78, 5) is 0. The van der Waals surface area contributed by atoms with Gasteiger partial charge in [-0.2, -0.15) is 26.3 Å². The molecule has 18 heavy (non-hydrogen) atoms. The molecule has 0 aromatic heterocycles. The van der Waals surface area contributed by atoms with Crippen molar-refractivity contribution in [2.45, 2.75) is 25.7 Å². The molecule has 0 fully saturated rings. The molecule has 0 radical (unpaired) electrons. The lowest BCUT2D eigenvalue weighted by Crippen LogP contribution is -2.55. The SMILES string of the molecule is FC(F)(F)C(Cl)(Cl)C(F)(F)OC(F)(Cl)C(Cl)(Cl)Cl. The molecule has 0 bridgehead atoms. The molecule has 0 spiro atoms. The first-order valence-corrected chi connectivity index (χ1v) is 5.69. The van der Waals surface area contributed by atoms with E-state index in [0.717, 1.165) is 0 Å². The molecule has 0 saturated carbocycles. The normalized spacial score (nSPS) is 18.7. The topological polar surface area (TPSA) is 9.23 Å². The second-order valence-corrected chi connectivity index (χ2v) is 6.80. The minimum absolute atomic E-state index is 2.97. The largest absolute Gasteiger partial charge is 0.430 e. The van der Waals surface area contributed by atoms with Crippen LogP contribution >= 0.6 is 69.6 Å². The second kappa shape index (κ2) is 5.24. The summed E-state index contributed by atoms with van der Waals surface area (Å²) in [5.41, 5.74) is 0. The Bertz CT molecular complexity index is 309. The summed E-state index contributed by atoms with van der Waals surface area (Å²) in [5, 5.41) is -4.30. The summed E-state index contributed by atoms with van der Waals surface area (Å²) in [7, 11) is 0. The average Bonchev–Trinajstić information content (AvgIpc) is 1.96. The van der Waals surface area contributed by atoms with Crippen LogP contribution in [-0.2, 0) is 4.74 Å². The van der Waals surface area contributed by atoms with E-state index in [0.29, 0.717) is 0 Å². The van der Waals surface area contributed by atoms with Gasteiger partial charge < -0.3 is 0 Å². The van der Waals surface area contributed by atoms with Crippen LogP contribution < -0.4 is 0 Å². The average molecular weight is 403 g/mol. The Morgan fingerprint density at radius 3 is 1.22 bits per heavy atom. The second-order valence-electron chi connectivity index (χ2n) is 2.71. The van der Waals surface area contributed by atoms with E-state index in [1.54, 1.807) is 0 Å². The summed E-state index contributed by atoms with van der Waals surface area (Å²) in [6, 6.07) is 0. The highest BCUT2D eigenvalue weighted by atomic mass is 35.6. The molecule has 0 saturated heterocycles. The Balaban J connectivity index is 5.33. The lowest BCUT2D eigenvalue weighted by molar-refractivity contribution is -0.342. The number of halogens is 12. The molecule has 0 heterocycles. The standard InChI is InChI=1S/C5Cl6F6O/c6-1(7,4(13,14)15)5(16,17)18-3(11,12)2(8,9)10. The van der Waals surface area contributed by atoms with E-state index < -0.39 is 25.7 Å². The van der Waals surface area contributed by atoms with Crippen molar-refractivity contribution in [1.82, 2.24) is 0 Å². The van der Waals surface area contributed by atoms with Crippen LogP contribution in [0.4, 0.5) is 26.3 Å². The monoisotopic (exact) mass is 400 g/mol. The smallest absolute Gasteiger partial charge is 0.263 e. The van der Waals surface area contributed by atoms with Crippen LogP contribution in [0.3, 0.4) is 0 Å². The highest BCUT2D eigenvalue weighted by molar-refractivity contribution is 6.70. The first-order chi connectivity index (χ1) is 7.46. The van der Waals surface area contributed by atoms with Gasteiger partial charge in [-0.25, -0.2) is 0 Å². The molecule has 110 valence electrons. The lowest BCUT2D eigenvalue weighted by Gasteiger charge is -2.35. The van der Waals surface area contributed by atoms with Crippen molar-refractivity contribution < 1.29 is 31.1 Å². The van der Waals surface area contributed by atoms with Crippen molar-refractivity contribution in [2.24, 2.45) is 0 Å². The van der Waals surface area contributed by atoms with Gasteiger partial charge >= 0.3 is 21.9 Å². The van der Waals surface area contributed by atoms with E-state index in [1.807, 2.05) is 0 Å². The van der Waals surface area contributed by atoms with Gasteiger partial charge in [0.05, 0.1) is 0 Å². The van der Waals surface area contributed by atoms with Crippen molar-refractivity contribution in [3.05, 3.63) is 0 Å². The molecule has 0 rings (SSSR count). The molecular weight excluding hydrogens is 403 g/mol. The van der Waals surface area contributed by atoms with Crippen molar-refractivity contribution in [3.63, 3.8) is 0 Å². The Morgan fingerprint density at radius 2 is 1.00 bits per heavy atom. The van der Waals surface area contributed by atoms with Crippen molar-refractivity contribution in [2.75, 3.05) is 0 Å². The molecule has 0 amide bonds. The predicted octanol–water partition coefficient (Wildman–Crippen LogP) is 5.56. The molecule has 0 aliphatic carbocycles. The Labute approximate surface area is 126 Å². The van der Waals surface area contributed by atoms with E-state index in [9.17, 15) is 26.3 Å². The van der Waals surface area contributed by atoms with E-state index in [2.05, 4.69) is 39.5 Å². The van der Waals surface area contributed by atoms with E-state index in [1.165, 1.54) is 0 Å². The van der Waals surface area contributed by atoms with Gasteiger partial charge in [0.15, 0.2) is 0 Å². The molecule has 13 heteroatoms. The first kappa shape index (κ1) is 19.3. The van der Waals surface area contributed by atoms with Crippen LogP contribution in [-0.4, -0.2) is 25.7 Å². The number of ether oxygens (including phenoxy) is 1. The van der Waals surface area contributed by atoms with Gasteiger partial charge in [-0.1, -0.05) is 58.0 Å². The summed E-state index contributed by atoms with van der Waals surface area (Å²) in [6.07, 6.45) is -11.4. The van der Waals surface area contributed by atoms with Crippen LogP contribution in [0.2, 0.25) is 0 Å². The van der Waals surface area contributed by atoms with Gasteiger partial charge in [-0.05, 0) is 11.6 Å². The summed E-state index contributed by atoms with van der Waals surface area (Å²) >= 11 is 27.7. The maximum Gasteiger partial charge on any atom is 0.430 e. The number of alkyl halides is 12. The number of hydrogen-bond acceptors (Lipinski definition) is 1. The van der Waals surface area contributed by atoms with Crippen LogP contribution in [0.15, 0.2) is 0 Å². The van der Waals surface area contributed by atoms with Gasteiger partial charge in [0.25, 0.3) is 3.79 Å². The molecule has 0 N–H and O–H groups in total. The Kier molecular flexibility index (Phi) is 5.61. The highest BCUT2D eigenvalue weighted by Gasteiger charge is 2.73. The molecule has 0 aromatic rings. The Hall–Kier alpha value is 1.28. The lowest BCUT2D eigenvalue weighted by atomic mass is 10.3. The minimum atomic E-state index is -5.87. The van der Waals surface area contributed by atoms with Crippen LogP contribution in [0.5, 0.6) is 0 Å². The zero-order chi connectivity index (χ0) is 15.2. The zero-order valence-corrected chi connectivity index (χ0v) is 12.0. The van der Waals surface area contributed by atoms with Gasteiger partial charge in [0, 0.05) is 0 Å². The van der Waals surface area contributed by atoms with Crippen LogP contribution in [0.1, 0.15) is 0 Å². The Morgan fingerprint density at radius 1 is 0.667 bits per heavy atom. The fourth-order valence-corrected chi connectivity index (χ4v) is 0.738. The van der Waals surface area contributed by atoms with Crippen LogP contribution in [0.25, 0.3) is 0 Å². The zero-order valence-electron chi connectivity index (χ0n) is 7.44. The van der Waals surface area contributed by atoms with Gasteiger partial charge in [-0.15, -0.1) is 0 Å². The maximum atomic E-state index is 13.2. The third kappa shape index (κ3) is 3.90. The maximum absolute atomic E-state index is 13.2. The summed E-state index contributed by atoms with van der Waals surface area (Å²) in [5.74, 6) is 0. The van der Waals surface area contributed by atoms with Gasteiger partial charge in [0.2, 0.25) is 0 Å². The predicted molar refractivity (Wildman–Crippen MR) is 56.5 cm³/mol. The third-order valence-corrected chi connectivity index (χ3v) is 3.56. The van der Waals surface area contributed by atoms with Gasteiger partial charge in [0.1, 0.15) is 0 Å². The highest BCUT2D eigenvalue weighted by Crippen LogP contribution is 2.55. The molecule has 0 aliphatic rings. The van der Waals surface area contributed by atoms with E-state index in [4.69, 9.17) is 34.8 Å². The molecule has 1 nitrogen and oxygen atoms in total. The molecule has 1 atom stereocenters. The molecule has 0 aromatic carbocycles. The quantitative estimate of drug-likeness (QED) is 0.443. The fourth-order valence-electron chi connectivity index (χ4n) is 0.448. The van der Waals surface area contributed by atoms with Crippen LogP contribution in [0, 0.1) is 0 Å². The van der Waals surface area contributed by atoms with E-state index >= 15 is 0 Å². The van der Waals surface area contributed by atoms with Crippen molar-refractivity contribution >= 4 is 69.6 Å². The third-order valence-electron chi connectivity index (χ3n) is 1.31. The van der Waals surface area contributed by atoms with E-state index in [-0.39, 0.29) is 0 Å². The van der Waals surface area contributed by atoms with Crippen molar-refractivity contribution in [1.29, 1.82) is 0 Å². The minimum Gasteiger partial charge on any atom is -0.263 e. The first-order valence-electron chi connectivity index (χ1n) is 3.43. The molecule has 1 unspecified atom stereocenters.